The summed E-state index contributed by atoms with van der Waals surface area (Å²) in [6.45, 7) is 6.13. The molecule has 6 nitrogen and oxygen atoms in total. The van der Waals surface area contributed by atoms with Crippen LogP contribution in [0.2, 0.25) is 0 Å². The first-order valence-corrected chi connectivity index (χ1v) is 10.4. The molecule has 158 valence electrons. The van der Waals surface area contributed by atoms with Gasteiger partial charge in [-0.3, -0.25) is 9.69 Å². The Balaban J connectivity index is 1.42. The number of nitrogens with zero attached hydrogens (tertiary/aromatic N) is 2. The number of nitrogens with one attached hydrogen (secondary N) is 1. The Morgan fingerprint density at radius 1 is 1.07 bits per heavy atom. The van der Waals surface area contributed by atoms with Gasteiger partial charge in [0.2, 0.25) is 0 Å². The van der Waals surface area contributed by atoms with Gasteiger partial charge in [0.05, 0.1) is 6.61 Å². The molecule has 4 rings (SSSR count). The smallest absolute Gasteiger partial charge is 0.287 e. The van der Waals surface area contributed by atoms with E-state index in [0.29, 0.717) is 24.5 Å². The first-order chi connectivity index (χ1) is 14.6. The third-order valence-corrected chi connectivity index (χ3v) is 5.64. The molecule has 1 fully saturated rings. The summed E-state index contributed by atoms with van der Waals surface area (Å²) in [5.41, 5.74) is 3.84. The average Bonchev–Trinajstić information content (AvgIpc) is 3.13. The minimum absolute atomic E-state index is 0.220. The van der Waals surface area contributed by atoms with Gasteiger partial charge < -0.3 is 19.4 Å². The van der Waals surface area contributed by atoms with Crippen molar-refractivity contribution >= 4 is 16.9 Å². The Morgan fingerprint density at radius 2 is 1.83 bits per heavy atom. The molecule has 3 aromatic rings. The molecule has 0 unspecified atom stereocenters. The molecule has 1 N–H and O–H groups in total. The highest BCUT2D eigenvalue weighted by molar-refractivity contribution is 5.99. The number of likely N-dealkylation sites (N-methyl/N-ethyl adjacent to an activating group) is 1. The van der Waals surface area contributed by atoms with Crippen molar-refractivity contribution in [2.45, 2.75) is 19.7 Å². The lowest BCUT2D eigenvalue weighted by atomic mass is 10.1. The summed E-state index contributed by atoms with van der Waals surface area (Å²) in [4.78, 5) is 17.7. The van der Waals surface area contributed by atoms with Crippen molar-refractivity contribution in [3.8, 4) is 0 Å². The second kappa shape index (κ2) is 9.43. The van der Waals surface area contributed by atoms with E-state index in [0.717, 1.165) is 49.2 Å². The molecule has 1 aliphatic heterocycles. The number of benzene rings is 2. The monoisotopic (exact) mass is 407 g/mol. The van der Waals surface area contributed by atoms with E-state index < -0.39 is 0 Å². The Bertz CT molecular complexity index is 1010. The number of amides is 1. The maximum atomic E-state index is 12.8. The van der Waals surface area contributed by atoms with E-state index in [2.05, 4.69) is 40.4 Å². The Morgan fingerprint density at radius 3 is 2.63 bits per heavy atom. The van der Waals surface area contributed by atoms with Gasteiger partial charge in [0.1, 0.15) is 5.58 Å². The number of rotatable bonds is 7. The van der Waals surface area contributed by atoms with Crippen LogP contribution in [0.4, 0.5) is 0 Å². The molecule has 6 heteroatoms. The molecule has 1 amide bonds. The molecule has 30 heavy (non-hydrogen) atoms. The maximum absolute atomic E-state index is 12.8. The molecular formula is C24H29N3O3. The fourth-order valence-corrected chi connectivity index (χ4v) is 3.93. The van der Waals surface area contributed by atoms with Gasteiger partial charge in [-0.15, -0.1) is 0 Å². The highest BCUT2D eigenvalue weighted by Gasteiger charge is 2.20. The molecule has 1 aromatic heterocycles. The van der Waals surface area contributed by atoms with Crippen molar-refractivity contribution in [2.75, 3.05) is 40.3 Å². The van der Waals surface area contributed by atoms with E-state index in [1.54, 1.807) is 7.11 Å². The molecule has 0 saturated carbocycles. The number of hydrogen-bond donors (Lipinski definition) is 1. The Labute approximate surface area is 177 Å². The Kier molecular flexibility index (Phi) is 6.47. The molecule has 1 aliphatic rings. The zero-order chi connectivity index (χ0) is 20.9. The number of piperazine rings is 1. The number of hydrogen-bond acceptors (Lipinski definition) is 5. The summed E-state index contributed by atoms with van der Waals surface area (Å²) < 4.78 is 11.1. The number of carbonyl (C=O) groups excluding carboxylic acids is 1. The number of furan rings is 1. The molecule has 2 aromatic carbocycles. The largest absolute Gasteiger partial charge is 0.451 e. The fraction of sp³-hybridized carbons (Fsp3) is 0.375. The normalized spacial score (nSPS) is 15.5. The van der Waals surface area contributed by atoms with Crippen LogP contribution in [0.15, 0.2) is 52.9 Å². The summed E-state index contributed by atoms with van der Waals surface area (Å²) in [5, 5.41) is 3.92. The third kappa shape index (κ3) is 4.73. The summed E-state index contributed by atoms with van der Waals surface area (Å²) in [6, 6.07) is 16.1. The standard InChI is InChI=1S/C24H29N3O3/c1-26-10-12-27(13-11-26)16-19-7-5-6-18(14-19)15-25-24(28)23-21(17-29-2)20-8-3-4-9-22(20)30-23/h3-9,14H,10-13,15-17H2,1-2H3,(H,25,28). The van der Waals surface area contributed by atoms with Crippen LogP contribution >= 0.6 is 0 Å². The van der Waals surface area contributed by atoms with Gasteiger partial charge in [-0.2, -0.15) is 0 Å². The summed E-state index contributed by atoms with van der Waals surface area (Å²) in [7, 11) is 3.79. The van der Waals surface area contributed by atoms with E-state index in [1.165, 1.54) is 5.56 Å². The van der Waals surface area contributed by atoms with Crippen LogP contribution in [0.3, 0.4) is 0 Å². The summed E-state index contributed by atoms with van der Waals surface area (Å²) in [5.74, 6) is 0.106. The SMILES string of the molecule is COCc1c(C(=O)NCc2cccc(CN3CCN(C)CC3)c2)oc2ccccc12. The molecule has 0 spiro atoms. The first-order valence-electron chi connectivity index (χ1n) is 10.4. The lowest BCUT2D eigenvalue weighted by Crippen LogP contribution is -2.43. The molecule has 0 bridgehead atoms. The van der Waals surface area contributed by atoms with Crippen LogP contribution < -0.4 is 5.32 Å². The minimum Gasteiger partial charge on any atom is -0.451 e. The van der Waals surface area contributed by atoms with Crippen molar-refractivity contribution in [3.05, 3.63) is 71.0 Å². The number of carbonyl (C=O) groups is 1. The third-order valence-electron chi connectivity index (χ3n) is 5.64. The predicted octanol–water partition coefficient (Wildman–Crippen LogP) is 3.26. The van der Waals surface area contributed by atoms with Crippen LogP contribution in [0.25, 0.3) is 11.0 Å². The summed E-state index contributed by atoms with van der Waals surface area (Å²) in [6.07, 6.45) is 0. The Hall–Kier alpha value is -2.67. The van der Waals surface area contributed by atoms with Crippen LogP contribution in [0.5, 0.6) is 0 Å². The first kappa shape index (κ1) is 20.6. The molecule has 2 heterocycles. The number of fused-ring (bicyclic) bond motifs is 1. The molecular weight excluding hydrogens is 378 g/mol. The summed E-state index contributed by atoms with van der Waals surface area (Å²) >= 11 is 0. The van der Waals surface area contributed by atoms with E-state index >= 15 is 0 Å². The topological polar surface area (TPSA) is 58.0 Å². The van der Waals surface area contributed by atoms with Gasteiger partial charge in [0, 0.05) is 57.3 Å². The van der Waals surface area contributed by atoms with Gasteiger partial charge >= 0.3 is 0 Å². The zero-order valence-electron chi connectivity index (χ0n) is 17.7. The van der Waals surface area contributed by atoms with Crippen molar-refractivity contribution in [3.63, 3.8) is 0 Å². The average molecular weight is 408 g/mol. The van der Waals surface area contributed by atoms with E-state index in [1.807, 2.05) is 30.3 Å². The quantitative estimate of drug-likeness (QED) is 0.652. The molecule has 1 saturated heterocycles. The zero-order valence-corrected chi connectivity index (χ0v) is 17.7. The van der Waals surface area contributed by atoms with Gasteiger partial charge in [-0.05, 0) is 24.2 Å². The van der Waals surface area contributed by atoms with Crippen molar-refractivity contribution < 1.29 is 13.9 Å². The van der Waals surface area contributed by atoms with Crippen LogP contribution in [0, 0.1) is 0 Å². The highest BCUT2D eigenvalue weighted by Crippen LogP contribution is 2.26. The van der Waals surface area contributed by atoms with Crippen LogP contribution in [0.1, 0.15) is 27.2 Å². The van der Waals surface area contributed by atoms with Crippen LogP contribution in [-0.4, -0.2) is 56.0 Å². The van der Waals surface area contributed by atoms with Gasteiger partial charge in [0.15, 0.2) is 5.76 Å². The second-order valence-corrected chi connectivity index (χ2v) is 7.92. The van der Waals surface area contributed by atoms with Crippen molar-refractivity contribution in [1.82, 2.24) is 15.1 Å². The maximum Gasteiger partial charge on any atom is 0.287 e. The predicted molar refractivity (Wildman–Crippen MR) is 117 cm³/mol. The number of ether oxygens (including phenoxy) is 1. The number of methoxy groups -OCH3 is 1. The number of para-hydroxylation sites is 1. The minimum atomic E-state index is -0.220. The van der Waals surface area contributed by atoms with Gasteiger partial charge in [0.25, 0.3) is 5.91 Å². The molecule has 0 radical (unpaired) electrons. The van der Waals surface area contributed by atoms with E-state index in [9.17, 15) is 4.79 Å². The van der Waals surface area contributed by atoms with Gasteiger partial charge in [-0.25, -0.2) is 0 Å². The van der Waals surface area contributed by atoms with Crippen LogP contribution in [-0.2, 0) is 24.4 Å². The van der Waals surface area contributed by atoms with Gasteiger partial charge in [-0.1, -0.05) is 42.5 Å². The van der Waals surface area contributed by atoms with E-state index in [-0.39, 0.29) is 5.91 Å². The fourth-order valence-electron chi connectivity index (χ4n) is 3.93. The highest BCUT2D eigenvalue weighted by atomic mass is 16.5. The lowest BCUT2D eigenvalue weighted by molar-refractivity contribution is 0.0918. The van der Waals surface area contributed by atoms with Crippen molar-refractivity contribution in [1.29, 1.82) is 0 Å². The molecule has 0 aliphatic carbocycles. The van der Waals surface area contributed by atoms with E-state index in [4.69, 9.17) is 9.15 Å². The second-order valence-electron chi connectivity index (χ2n) is 7.92. The lowest BCUT2D eigenvalue weighted by Gasteiger charge is -2.32. The molecule has 0 atom stereocenters. The van der Waals surface area contributed by atoms with Crippen molar-refractivity contribution in [2.24, 2.45) is 0 Å².